The van der Waals surface area contributed by atoms with Crippen molar-refractivity contribution in [2.45, 2.75) is 51.8 Å². The molecule has 0 saturated carbocycles. The van der Waals surface area contributed by atoms with Gasteiger partial charge in [0.25, 0.3) is 0 Å². The van der Waals surface area contributed by atoms with E-state index in [0.717, 1.165) is 34.8 Å². The summed E-state index contributed by atoms with van der Waals surface area (Å²) >= 11 is 1.39. The second-order valence-electron chi connectivity index (χ2n) is 5.71. The molecule has 1 fully saturated rings. The topological polar surface area (TPSA) is 67.3 Å². The van der Waals surface area contributed by atoms with E-state index in [1.807, 2.05) is 20.8 Å². The molecule has 2 heterocycles. The van der Waals surface area contributed by atoms with Crippen LogP contribution in [0.4, 0.5) is 0 Å². The summed E-state index contributed by atoms with van der Waals surface area (Å²) in [6.07, 6.45) is 3.03. The number of nitrogens with zero attached hydrogens (tertiary/aromatic N) is 2. The number of carbonyl (C=O) groups is 1. The van der Waals surface area contributed by atoms with Crippen LogP contribution in [0.1, 0.15) is 41.8 Å². The summed E-state index contributed by atoms with van der Waals surface area (Å²) in [5.41, 5.74) is 0.750. The van der Waals surface area contributed by atoms with Gasteiger partial charge in [-0.3, -0.25) is 4.79 Å². The van der Waals surface area contributed by atoms with Crippen molar-refractivity contribution in [3.63, 3.8) is 0 Å². The third-order valence-corrected chi connectivity index (χ3v) is 6.49. The van der Waals surface area contributed by atoms with Crippen LogP contribution in [0, 0.1) is 13.8 Å². The molecule has 0 N–H and O–H groups in total. The van der Waals surface area contributed by atoms with Gasteiger partial charge in [0.1, 0.15) is 5.75 Å². The Hall–Kier alpha value is -0.950. The normalized spacial score (nSPS) is 19.8. The number of aromatic nitrogens is 1. The lowest BCUT2D eigenvalue weighted by Crippen LogP contribution is -2.44. The van der Waals surface area contributed by atoms with Crippen molar-refractivity contribution in [2.24, 2.45) is 0 Å². The average Bonchev–Trinajstić information content (AvgIpc) is 2.66. The first-order chi connectivity index (χ1) is 9.78. The average molecular weight is 330 g/mol. The van der Waals surface area contributed by atoms with E-state index in [2.05, 4.69) is 4.98 Å². The quantitative estimate of drug-likeness (QED) is 0.847. The maximum Gasteiger partial charge on any atom is 0.238 e. The highest BCUT2D eigenvalue weighted by Gasteiger charge is 2.28. The molecular weight excluding hydrogens is 308 g/mol. The van der Waals surface area contributed by atoms with Gasteiger partial charge in [0.15, 0.2) is 9.84 Å². The SMILES string of the molecule is Cc1nc(C)c(CS(=O)(=O)CC(=O)N2CCCCC2C)s1. The number of rotatable bonds is 4. The molecule has 0 spiro atoms. The number of carbonyl (C=O) groups excluding carboxylic acids is 1. The lowest BCUT2D eigenvalue weighted by Gasteiger charge is -2.33. The van der Waals surface area contributed by atoms with Crippen molar-refractivity contribution >= 4 is 27.1 Å². The van der Waals surface area contributed by atoms with Crippen molar-refractivity contribution in [3.05, 3.63) is 15.6 Å². The molecular formula is C14H22N2O3S2. The molecule has 2 rings (SSSR count). The first kappa shape index (κ1) is 16.4. The first-order valence-corrected chi connectivity index (χ1v) is 9.85. The van der Waals surface area contributed by atoms with Gasteiger partial charge in [-0.05, 0) is 40.0 Å². The van der Waals surface area contributed by atoms with Crippen LogP contribution in [0.15, 0.2) is 0 Å². The molecule has 0 bridgehead atoms. The molecule has 1 aromatic rings. The highest BCUT2D eigenvalue weighted by molar-refractivity contribution is 7.91. The first-order valence-electron chi connectivity index (χ1n) is 7.21. The number of hydrogen-bond acceptors (Lipinski definition) is 5. The highest BCUT2D eigenvalue weighted by Crippen LogP contribution is 2.21. The fourth-order valence-corrected chi connectivity index (χ4v) is 5.46. The van der Waals surface area contributed by atoms with Crippen molar-refractivity contribution < 1.29 is 13.2 Å². The Bertz CT molecular complexity index is 622. The summed E-state index contributed by atoms with van der Waals surface area (Å²) in [4.78, 5) is 18.9. The highest BCUT2D eigenvalue weighted by atomic mass is 32.2. The Morgan fingerprint density at radius 1 is 1.38 bits per heavy atom. The van der Waals surface area contributed by atoms with Crippen LogP contribution < -0.4 is 0 Å². The van der Waals surface area contributed by atoms with E-state index < -0.39 is 15.6 Å². The maximum atomic E-state index is 12.3. The Morgan fingerprint density at radius 2 is 2.10 bits per heavy atom. The molecule has 0 radical (unpaired) electrons. The van der Waals surface area contributed by atoms with Gasteiger partial charge in [0, 0.05) is 17.5 Å². The van der Waals surface area contributed by atoms with Crippen LogP contribution in [0.2, 0.25) is 0 Å². The van der Waals surface area contributed by atoms with Crippen LogP contribution in [0.3, 0.4) is 0 Å². The molecule has 21 heavy (non-hydrogen) atoms. The molecule has 1 aliphatic rings. The minimum atomic E-state index is -3.44. The van der Waals surface area contributed by atoms with E-state index in [9.17, 15) is 13.2 Å². The number of amides is 1. The summed E-state index contributed by atoms with van der Waals surface area (Å²) in [6.45, 7) is 6.33. The maximum absolute atomic E-state index is 12.3. The van der Waals surface area contributed by atoms with Gasteiger partial charge < -0.3 is 4.90 Å². The number of aryl methyl sites for hydroxylation is 2. The van der Waals surface area contributed by atoms with Gasteiger partial charge in [0.2, 0.25) is 5.91 Å². The zero-order chi connectivity index (χ0) is 15.6. The van der Waals surface area contributed by atoms with Gasteiger partial charge in [-0.15, -0.1) is 11.3 Å². The van der Waals surface area contributed by atoms with Crippen LogP contribution in [-0.2, 0) is 20.4 Å². The van der Waals surface area contributed by atoms with Crippen molar-refractivity contribution in [1.29, 1.82) is 0 Å². The predicted octanol–water partition coefficient (Wildman–Crippen LogP) is 2.08. The second kappa shape index (κ2) is 6.44. The minimum absolute atomic E-state index is 0.0850. The zero-order valence-electron chi connectivity index (χ0n) is 12.8. The molecule has 1 aromatic heterocycles. The van der Waals surface area contributed by atoms with Gasteiger partial charge in [0.05, 0.1) is 16.5 Å². The van der Waals surface area contributed by atoms with E-state index in [1.54, 1.807) is 4.90 Å². The summed E-state index contributed by atoms with van der Waals surface area (Å²) in [5.74, 6) is -0.743. The zero-order valence-corrected chi connectivity index (χ0v) is 14.4. The Balaban J connectivity index is 2.03. The van der Waals surface area contributed by atoms with Gasteiger partial charge in [-0.25, -0.2) is 13.4 Å². The molecule has 118 valence electrons. The van der Waals surface area contributed by atoms with Crippen LogP contribution in [0.5, 0.6) is 0 Å². The molecule has 1 aliphatic heterocycles. The summed E-state index contributed by atoms with van der Waals surface area (Å²) in [7, 11) is -3.44. The van der Waals surface area contributed by atoms with E-state index in [-0.39, 0.29) is 17.7 Å². The number of likely N-dealkylation sites (tertiary alicyclic amines) is 1. The van der Waals surface area contributed by atoms with Gasteiger partial charge in [-0.2, -0.15) is 0 Å². The fourth-order valence-electron chi connectivity index (χ4n) is 2.70. The summed E-state index contributed by atoms with van der Waals surface area (Å²) in [6, 6.07) is 0.147. The Labute approximate surface area is 130 Å². The molecule has 1 amide bonds. The smallest absolute Gasteiger partial charge is 0.238 e. The monoisotopic (exact) mass is 330 g/mol. The van der Waals surface area contributed by atoms with Crippen molar-refractivity contribution in [3.8, 4) is 0 Å². The molecule has 0 aromatic carbocycles. The van der Waals surface area contributed by atoms with Crippen LogP contribution >= 0.6 is 11.3 Å². The lowest BCUT2D eigenvalue weighted by molar-refractivity contribution is -0.131. The second-order valence-corrected chi connectivity index (χ2v) is 9.06. The molecule has 1 atom stereocenters. The lowest BCUT2D eigenvalue weighted by atomic mass is 10.0. The Morgan fingerprint density at radius 3 is 2.67 bits per heavy atom. The van der Waals surface area contributed by atoms with Crippen LogP contribution in [-0.4, -0.2) is 42.5 Å². The largest absolute Gasteiger partial charge is 0.339 e. The number of hydrogen-bond donors (Lipinski definition) is 0. The van der Waals surface area contributed by atoms with Gasteiger partial charge >= 0.3 is 0 Å². The van der Waals surface area contributed by atoms with Crippen molar-refractivity contribution in [1.82, 2.24) is 9.88 Å². The number of piperidine rings is 1. The minimum Gasteiger partial charge on any atom is -0.339 e. The van der Waals surface area contributed by atoms with E-state index in [4.69, 9.17) is 0 Å². The standard InChI is InChI=1S/C14H22N2O3S2/c1-10-6-4-5-7-16(10)14(17)9-21(18,19)8-13-11(2)15-12(3)20-13/h10H,4-9H2,1-3H3. The number of sulfone groups is 1. The molecule has 1 saturated heterocycles. The molecule has 0 aliphatic carbocycles. The van der Waals surface area contributed by atoms with Gasteiger partial charge in [-0.1, -0.05) is 0 Å². The fraction of sp³-hybridized carbons (Fsp3) is 0.714. The Kier molecular flexibility index (Phi) is 5.03. The third-order valence-electron chi connectivity index (χ3n) is 3.82. The van der Waals surface area contributed by atoms with Crippen LogP contribution in [0.25, 0.3) is 0 Å². The van der Waals surface area contributed by atoms with Crippen molar-refractivity contribution in [2.75, 3.05) is 12.3 Å². The predicted molar refractivity (Wildman–Crippen MR) is 84.1 cm³/mol. The summed E-state index contributed by atoms with van der Waals surface area (Å²) < 4.78 is 24.5. The summed E-state index contributed by atoms with van der Waals surface area (Å²) in [5, 5.41) is 0.855. The molecule has 1 unspecified atom stereocenters. The third kappa shape index (κ3) is 4.26. The molecule has 7 heteroatoms. The van der Waals surface area contributed by atoms with E-state index in [0.29, 0.717) is 6.54 Å². The number of thiazole rings is 1. The van der Waals surface area contributed by atoms with E-state index >= 15 is 0 Å². The molecule has 5 nitrogen and oxygen atoms in total. The van der Waals surface area contributed by atoms with E-state index in [1.165, 1.54) is 11.3 Å².